The Hall–Kier alpha value is -1.50. The molecule has 4 heteroatoms. The predicted molar refractivity (Wildman–Crippen MR) is 53.7 cm³/mol. The average molecular weight is 206 g/mol. The molecule has 0 saturated carbocycles. The van der Waals surface area contributed by atoms with Gasteiger partial charge in [-0.15, -0.1) is 0 Å². The van der Waals surface area contributed by atoms with E-state index in [0.29, 0.717) is 0 Å². The molecule has 0 radical (unpaired) electrons. The molecule has 0 N–H and O–H groups in total. The lowest BCUT2D eigenvalue weighted by Crippen LogP contribution is -2.46. The van der Waals surface area contributed by atoms with E-state index < -0.39 is 0 Å². The van der Waals surface area contributed by atoms with Gasteiger partial charge in [-0.05, 0) is 25.7 Å². The first-order chi connectivity index (χ1) is 7.26. The van der Waals surface area contributed by atoms with Crippen LogP contribution in [-0.2, 0) is 4.74 Å². The Bertz CT molecular complexity index is 307. The monoisotopic (exact) mass is 206 g/mol. The zero-order valence-electron chi connectivity index (χ0n) is 8.56. The molecule has 3 atom stereocenters. The lowest BCUT2D eigenvalue weighted by molar-refractivity contribution is 0.0883. The van der Waals surface area contributed by atoms with Crippen molar-refractivity contribution in [2.45, 2.75) is 37.8 Å². The molecule has 15 heavy (non-hydrogen) atoms. The van der Waals surface area contributed by atoms with Gasteiger partial charge in [0.2, 0.25) is 0 Å². The number of fused-ring (bicyclic) bond motifs is 2. The summed E-state index contributed by atoms with van der Waals surface area (Å²) in [6, 6.07) is 2.69. The van der Waals surface area contributed by atoms with E-state index in [4.69, 9.17) is 10.00 Å². The average Bonchev–Trinajstić information content (AvgIpc) is 2.50. The Balaban J connectivity index is 2.08. The molecule has 0 aromatic carbocycles. The quantitative estimate of drug-likeness (QED) is 0.617. The maximum atomic E-state index is 11.6. The highest BCUT2D eigenvalue weighted by atomic mass is 16.5. The summed E-state index contributed by atoms with van der Waals surface area (Å²) in [7, 11) is 0. The third-order valence-electron chi connectivity index (χ3n) is 3.31. The molecule has 2 bridgehead atoms. The van der Waals surface area contributed by atoms with Crippen molar-refractivity contribution in [3.8, 4) is 6.07 Å². The van der Waals surface area contributed by atoms with Crippen LogP contribution in [-0.4, -0.2) is 23.1 Å². The predicted octanol–water partition coefficient (Wildman–Crippen LogP) is 2.03. The van der Waals surface area contributed by atoms with Crippen LogP contribution in [0, 0.1) is 17.2 Å². The first kappa shape index (κ1) is 10.0. The number of hydrogen-bond donors (Lipinski definition) is 0. The van der Waals surface area contributed by atoms with Crippen LogP contribution in [0.3, 0.4) is 0 Å². The molecule has 2 saturated heterocycles. The third-order valence-corrected chi connectivity index (χ3v) is 3.31. The number of carbonyl (C=O) groups excluding carboxylic acids is 1. The second kappa shape index (κ2) is 3.93. The van der Waals surface area contributed by atoms with Gasteiger partial charge in [-0.25, -0.2) is 4.79 Å². The summed E-state index contributed by atoms with van der Waals surface area (Å²) in [4.78, 5) is 13.4. The van der Waals surface area contributed by atoms with Crippen LogP contribution in [0.4, 0.5) is 4.79 Å². The van der Waals surface area contributed by atoms with Crippen LogP contribution in [0.15, 0.2) is 12.8 Å². The Morgan fingerprint density at radius 1 is 1.47 bits per heavy atom. The van der Waals surface area contributed by atoms with Crippen molar-refractivity contribution < 1.29 is 9.53 Å². The van der Waals surface area contributed by atoms with E-state index >= 15 is 0 Å². The van der Waals surface area contributed by atoms with Gasteiger partial charge in [-0.3, -0.25) is 0 Å². The maximum Gasteiger partial charge on any atom is 0.415 e. The third kappa shape index (κ3) is 1.70. The van der Waals surface area contributed by atoms with Crippen molar-refractivity contribution in [3.63, 3.8) is 0 Å². The first-order valence-electron chi connectivity index (χ1n) is 5.25. The molecule has 0 aliphatic carbocycles. The fourth-order valence-corrected chi connectivity index (χ4v) is 2.71. The van der Waals surface area contributed by atoms with Crippen molar-refractivity contribution in [3.05, 3.63) is 12.8 Å². The minimum Gasteiger partial charge on any atom is -0.419 e. The molecule has 2 fully saturated rings. The molecular weight excluding hydrogens is 192 g/mol. The van der Waals surface area contributed by atoms with E-state index in [9.17, 15) is 4.79 Å². The summed E-state index contributed by atoms with van der Waals surface area (Å²) >= 11 is 0. The summed E-state index contributed by atoms with van der Waals surface area (Å²) in [5.74, 6) is 0.107. The van der Waals surface area contributed by atoms with E-state index in [1.165, 1.54) is 0 Å². The van der Waals surface area contributed by atoms with Crippen molar-refractivity contribution >= 4 is 6.09 Å². The van der Waals surface area contributed by atoms with Crippen LogP contribution in [0.25, 0.3) is 0 Å². The Morgan fingerprint density at radius 2 is 2.07 bits per heavy atom. The number of ether oxygens (including phenoxy) is 1. The van der Waals surface area contributed by atoms with Crippen LogP contribution in [0.2, 0.25) is 0 Å². The second-order valence-corrected chi connectivity index (χ2v) is 4.14. The molecule has 2 aliphatic rings. The van der Waals surface area contributed by atoms with E-state index in [1.807, 2.05) is 0 Å². The van der Waals surface area contributed by atoms with Gasteiger partial charge >= 0.3 is 6.09 Å². The second-order valence-electron chi connectivity index (χ2n) is 4.14. The molecule has 1 amide bonds. The Morgan fingerprint density at radius 3 is 2.53 bits per heavy atom. The van der Waals surface area contributed by atoms with E-state index in [2.05, 4.69) is 12.6 Å². The number of nitriles is 1. The number of nitrogens with zero attached hydrogens (tertiary/aromatic N) is 2. The van der Waals surface area contributed by atoms with Crippen molar-refractivity contribution in [2.75, 3.05) is 0 Å². The van der Waals surface area contributed by atoms with Crippen LogP contribution in [0.5, 0.6) is 0 Å². The van der Waals surface area contributed by atoms with Crippen molar-refractivity contribution in [1.29, 1.82) is 5.26 Å². The smallest absolute Gasteiger partial charge is 0.415 e. The van der Waals surface area contributed by atoms with E-state index in [1.54, 1.807) is 4.90 Å². The highest BCUT2D eigenvalue weighted by Crippen LogP contribution is 2.38. The zero-order chi connectivity index (χ0) is 10.8. The fourth-order valence-electron chi connectivity index (χ4n) is 2.71. The molecule has 2 aliphatic heterocycles. The maximum absolute atomic E-state index is 11.6. The largest absolute Gasteiger partial charge is 0.419 e. The van der Waals surface area contributed by atoms with E-state index in [-0.39, 0.29) is 24.1 Å². The molecule has 0 spiro atoms. The molecule has 80 valence electrons. The zero-order valence-corrected chi connectivity index (χ0v) is 8.56. The number of amides is 1. The Kier molecular flexibility index (Phi) is 2.63. The highest BCUT2D eigenvalue weighted by molar-refractivity contribution is 5.69. The molecule has 0 aromatic rings. The lowest BCUT2D eigenvalue weighted by Gasteiger charge is -2.35. The van der Waals surface area contributed by atoms with Gasteiger partial charge in [0.05, 0.1) is 18.2 Å². The summed E-state index contributed by atoms with van der Waals surface area (Å²) in [6.45, 7) is 3.38. The first-order valence-corrected chi connectivity index (χ1v) is 5.25. The Labute approximate surface area is 89.1 Å². The lowest BCUT2D eigenvalue weighted by atomic mass is 9.92. The van der Waals surface area contributed by atoms with Gasteiger partial charge in [0.15, 0.2) is 0 Å². The van der Waals surface area contributed by atoms with Crippen molar-refractivity contribution in [1.82, 2.24) is 4.90 Å². The van der Waals surface area contributed by atoms with Crippen LogP contribution in [0.1, 0.15) is 25.7 Å². The summed E-state index contributed by atoms with van der Waals surface area (Å²) < 4.78 is 4.80. The van der Waals surface area contributed by atoms with Gasteiger partial charge < -0.3 is 9.64 Å². The minimum absolute atomic E-state index is 0.107. The number of hydrogen-bond acceptors (Lipinski definition) is 3. The molecule has 4 nitrogen and oxygen atoms in total. The van der Waals surface area contributed by atoms with Gasteiger partial charge in [0, 0.05) is 12.1 Å². The van der Waals surface area contributed by atoms with Crippen molar-refractivity contribution in [2.24, 2.45) is 5.92 Å². The topological polar surface area (TPSA) is 53.3 Å². The summed E-state index contributed by atoms with van der Waals surface area (Å²) in [6.07, 6.45) is 4.43. The molecule has 2 heterocycles. The van der Waals surface area contributed by atoms with E-state index in [0.717, 1.165) is 31.9 Å². The van der Waals surface area contributed by atoms with Gasteiger partial charge in [-0.2, -0.15) is 5.26 Å². The summed E-state index contributed by atoms with van der Waals surface area (Å²) in [5.41, 5.74) is 0. The fraction of sp³-hybridized carbons (Fsp3) is 0.636. The number of rotatable bonds is 1. The van der Waals surface area contributed by atoms with Gasteiger partial charge in [0.25, 0.3) is 0 Å². The number of piperidine rings is 1. The normalized spacial score (nSPS) is 33.3. The highest BCUT2D eigenvalue weighted by Gasteiger charge is 2.43. The SMILES string of the molecule is C=COC(=O)N1[C@@H]2CC[C@H]1C[C@H](C#N)C2. The van der Waals surface area contributed by atoms with Crippen LogP contribution >= 0.6 is 0 Å². The van der Waals surface area contributed by atoms with Gasteiger partial charge in [-0.1, -0.05) is 6.58 Å². The standard InChI is InChI=1S/C11H14N2O2/c1-2-15-11(14)13-9-3-4-10(13)6-8(5-9)7-12/h2,8-10H,1,3-6H2/t8-,9-,10+. The molecular formula is C11H14N2O2. The number of carbonyl (C=O) groups is 1. The molecule has 2 rings (SSSR count). The molecule has 0 aromatic heterocycles. The molecule has 0 unspecified atom stereocenters. The summed E-state index contributed by atoms with van der Waals surface area (Å²) in [5, 5.41) is 8.88. The minimum atomic E-state index is -0.311. The van der Waals surface area contributed by atoms with Crippen LogP contribution < -0.4 is 0 Å². The van der Waals surface area contributed by atoms with Gasteiger partial charge in [0.1, 0.15) is 0 Å².